The Labute approximate surface area is 106 Å². The standard InChI is InChI=1S/C13H16ClN3/c1-9-12(17-13(15-2)16-9)8-7-10-5-3-4-6-11(10)14/h3-6H,7-8H2,1-2H3,(H2,15,16,17). The van der Waals surface area contributed by atoms with Crippen LogP contribution in [-0.4, -0.2) is 17.0 Å². The fourth-order valence-corrected chi connectivity index (χ4v) is 2.04. The third-order valence-electron chi connectivity index (χ3n) is 2.81. The predicted molar refractivity (Wildman–Crippen MR) is 71.7 cm³/mol. The van der Waals surface area contributed by atoms with Crippen LogP contribution in [0.5, 0.6) is 0 Å². The quantitative estimate of drug-likeness (QED) is 0.874. The van der Waals surface area contributed by atoms with Crippen LogP contribution in [0.25, 0.3) is 0 Å². The Morgan fingerprint density at radius 3 is 2.71 bits per heavy atom. The number of imidazole rings is 1. The molecule has 2 aromatic rings. The van der Waals surface area contributed by atoms with Crippen molar-refractivity contribution in [2.45, 2.75) is 19.8 Å². The van der Waals surface area contributed by atoms with Crippen molar-refractivity contribution in [2.75, 3.05) is 12.4 Å². The molecule has 0 saturated carbocycles. The minimum Gasteiger partial charge on any atom is -0.359 e. The van der Waals surface area contributed by atoms with Crippen LogP contribution in [0, 0.1) is 6.92 Å². The molecule has 0 amide bonds. The topological polar surface area (TPSA) is 40.7 Å². The van der Waals surface area contributed by atoms with Crippen LogP contribution >= 0.6 is 11.6 Å². The molecule has 0 atom stereocenters. The maximum absolute atomic E-state index is 6.12. The van der Waals surface area contributed by atoms with E-state index in [0.717, 1.165) is 35.2 Å². The van der Waals surface area contributed by atoms with Crippen molar-refractivity contribution in [3.63, 3.8) is 0 Å². The van der Waals surface area contributed by atoms with E-state index in [1.807, 2.05) is 32.2 Å². The second kappa shape index (κ2) is 5.23. The largest absolute Gasteiger partial charge is 0.359 e. The van der Waals surface area contributed by atoms with Gasteiger partial charge >= 0.3 is 0 Å². The van der Waals surface area contributed by atoms with Crippen LogP contribution in [-0.2, 0) is 12.8 Å². The molecule has 1 aromatic carbocycles. The van der Waals surface area contributed by atoms with Gasteiger partial charge in [-0.3, -0.25) is 0 Å². The van der Waals surface area contributed by atoms with Gasteiger partial charge in [-0.25, -0.2) is 4.98 Å². The fraction of sp³-hybridized carbons (Fsp3) is 0.308. The van der Waals surface area contributed by atoms with Gasteiger partial charge in [-0.15, -0.1) is 0 Å². The van der Waals surface area contributed by atoms with Crippen molar-refractivity contribution in [1.82, 2.24) is 9.97 Å². The Bertz CT molecular complexity index is 505. The molecule has 0 spiro atoms. The van der Waals surface area contributed by atoms with E-state index in [2.05, 4.69) is 21.4 Å². The van der Waals surface area contributed by atoms with E-state index in [9.17, 15) is 0 Å². The van der Waals surface area contributed by atoms with Gasteiger partial charge in [0.1, 0.15) is 0 Å². The molecule has 0 fully saturated rings. The first-order valence-electron chi connectivity index (χ1n) is 5.67. The van der Waals surface area contributed by atoms with Crippen LogP contribution in [0.4, 0.5) is 5.95 Å². The fourth-order valence-electron chi connectivity index (χ4n) is 1.81. The summed E-state index contributed by atoms with van der Waals surface area (Å²) < 4.78 is 0. The Balaban J connectivity index is 2.07. The molecule has 0 aliphatic carbocycles. The molecule has 1 heterocycles. The van der Waals surface area contributed by atoms with E-state index in [0.29, 0.717) is 0 Å². The second-order valence-electron chi connectivity index (χ2n) is 4.00. The van der Waals surface area contributed by atoms with Crippen molar-refractivity contribution >= 4 is 17.5 Å². The summed E-state index contributed by atoms with van der Waals surface area (Å²) in [5, 5.41) is 3.83. The second-order valence-corrected chi connectivity index (χ2v) is 4.41. The van der Waals surface area contributed by atoms with Gasteiger partial charge in [-0.05, 0) is 31.4 Å². The van der Waals surface area contributed by atoms with Gasteiger partial charge in [0.15, 0.2) is 5.95 Å². The number of anilines is 1. The van der Waals surface area contributed by atoms with Crippen LogP contribution in [0.2, 0.25) is 5.02 Å². The highest BCUT2D eigenvalue weighted by molar-refractivity contribution is 6.31. The van der Waals surface area contributed by atoms with Crippen LogP contribution in [0.15, 0.2) is 24.3 Å². The SMILES string of the molecule is CNc1nc(CCc2ccccc2Cl)c(C)[nH]1. The monoisotopic (exact) mass is 249 g/mol. The van der Waals surface area contributed by atoms with Gasteiger partial charge in [0.2, 0.25) is 0 Å². The van der Waals surface area contributed by atoms with Crippen molar-refractivity contribution < 1.29 is 0 Å². The highest BCUT2D eigenvalue weighted by atomic mass is 35.5. The molecule has 0 aliphatic heterocycles. The average Bonchev–Trinajstić information content (AvgIpc) is 2.69. The van der Waals surface area contributed by atoms with Crippen molar-refractivity contribution in [3.8, 4) is 0 Å². The third-order valence-corrected chi connectivity index (χ3v) is 3.18. The minimum atomic E-state index is 0.816. The average molecular weight is 250 g/mol. The predicted octanol–water partition coefficient (Wildman–Crippen LogP) is 3.20. The molecule has 90 valence electrons. The Kier molecular flexibility index (Phi) is 3.69. The zero-order chi connectivity index (χ0) is 12.3. The van der Waals surface area contributed by atoms with E-state index in [1.54, 1.807) is 0 Å². The number of aryl methyl sites for hydroxylation is 3. The van der Waals surface area contributed by atoms with Crippen LogP contribution in [0.3, 0.4) is 0 Å². The lowest BCUT2D eigenvalue weighted by molar-refractivity contribution is 0.914. The zero-order valence-electron chi connectivity index (χ0n) is 10.0. The number of H-pyrrole nitrogens is 1. The minimum absolute atomic E-state index is 0.816. The Hall–Kier alpha value is -1.48. The third kappa shape index (κ3) is 2.80. The molecule has 1 aromatic heterocycles. The number of rotatable bonds is 4. The maximum Gasteiger partial charge on any atom is 0.200 e. The normalized spacial score (nSPS) is 10.5. The number of nitrogens with one attached hydrogen (secondary N) is 2. The summed E-state index contributed by atoms with van der Waals surface area (Å²) in [5.74, 6) is 0.816. The molecule has 0 saturated heterocycles. The summed E-state index contributed by atoms with van der Waals surface area (Å²) in [5.41, 5.74) is 3.37. The lowest BCUT2D eigenvalue weighted by atomic mass is 10.1. The summed E-state index contributed by atoms with van der Waals surface area (Å²) in [6.07, 6.45) is 1.81. The van der Waals surface area contributed by atoms with Crippen molar-refractivity contribution in [2.24, 2.45) is 0 Å². The van der Waals surface area contributed by atoms with Gasteiger partial charge in [0.25, 0.3) is 0 Å². The summed E-state index contributed by atoms with van der Waals surface area (Å²) in [4.78, 5) is 7.65. The summed E-state index contributed by atoms with van der Waals surface area (Å²) in [7, 11) is 1.86. The molecular formula is C13H16ClN3. The van der Waals surface area contributed by atoms with Gasteiger partial charge in [0.05, 0.1) is 5.69 Å². The molecule has 2 rings (SSSR count). The molecule has 0 unspecified atom stereocenters. The summed E-state index contributed by atoms with van der Waals surface area (Å²) in [6, 6.07) is 7.94. The number of aromatic amines is 1. The molecule has 0 bridgehead atoms. The lowest BCUT2D eigenvalue weighted by Crippen LogP contribution is -1.95. The number of halogens is 1. The van der Waals surface area contributed by atoms with E-state index < -0.39 is 0 Å². The molecule has 4 heteroatoms. The van der Waals surface area contributed by atoms with E-state index in [4.69, 9.17) is 11.6 Å². The number of nitrogens with zero attached hydrogens (tertiary/aromatic N) is 1. The van der Waals surface area contributed by atoms with E-state index in [-0.39, 0.29) is 0 Å². The van der Waals surface area contributed by atoms with Gasteiger partial charge < -0.3 is 10.3 Å². The number of hydrogen-bond acceptors (Lipinski definition) is 2. The molecule has 2 N–H and O–H groups in total. The van der Waals surface area contributed by atoms with Gasteiger partial charge in [0, 0.05) is 17.8 Å². The highest BCUT2D eigenvalue weighted by Crippen LogP contribution is 2.18. The van der Waals surface area contributed by atoms with E-state index >= 15 is 0 Å². The van der Waals surface area contributed by atoms with Crippen molar-refractivity contribution in [3.05, 3.63) is 46.2 Å². The van der Waals surface area contributed by atoms with Gasteiger partial charge in [-0.2, -0.15) is 0 Å². The number of hydrogen-bond donors (Lipinski definition) is 2. The first-order valence-corrected chi connectivity index (χ1v) is 6.05. The first-order chi connectivity index (χ1) is 8.20. The first kappa shape index (κ1) is 12.0. The number of aromatic nitrogens is 2. The van der Waals surface area contributed by atoms with E-state index in [1.165, 1.54) is 5.56 Å². The van der Waals surface area contributed by atoms with Crippen LogP contribution in [0.1, 0.15) is 17.0 Å². The summed E-state index contributed by atoms with van der Waals surface area (Å²) >= 11 is 6.12. The Morgan fingerprint density at radius 1 is 1.29 bits per heavy atom. The molecule has 0 radical (unpaired) electrons. The molecule has 17 heavy (non-hydrogen) atoms. The molecule has 3 nitrogen and oxygen atoms in total. The van der Waals surface area contributed by atoms with Crippen molar-refractivity contribution in [1.29, 1.82) is 0 Å². The highest BCUT2D eigenvalue weighted by Gasteiger charge is 2.06. The van der Waals surface area contributed by atoms with Crippen LogP contribution < -0.4 is 5.32 Å². The summed E-state index contributed by atoms with van der Waals surface area (Å²) in [6.45, 7) is 2.04. The molecular weight excluding hydrogens is 234 g/mol. The smallest absolute Gasteiger partial charge is 0.200 e. The number of benzene rings is 1. The molecule has 0 aliphatic rings. The van der Waals surface area contributed by atoms with Gasteiger partial charge in [-0.1, -0.05) is 29.8 Å². The Morgan fingerprint density at radius 2 is 2.06 bits per heavy atom. The maximum atomic E-state index is 6.12. The lowest BCUT2D eigenvalue weighted by Gasteiger charge is -2.02. The zero-order valence-corrected chi connectivity index (χ0v) is 10.8.